The lowest BCUT2D eigenvalue weighted by molar-refractivity contribution is -0.137. The van der Waals surface area contributed by atoms with Crippen molar-refractivity contribution in [3.05, 3.63) is 29.1 Å². The molecule has 2 atom stereocenters. The molecule has 27 heavy (non-hydrogen) atoms. The summed E-state index contributed by atoms with van der Waals surface area (Å²) in [6.07, 6.45) is 1.11. The second-order valence-electron chi connectivity index (χ2n) is 7.16. The van der Waals surface area contributed by atoms with Crippen LogP contribution in [0, 0.1) is 11.8 Å². The highest BCUT2D eigenvalue weighted by atomic mass is 19.4. The summed E-state index contributed by atoms with van der Waals surface area (Å²) in [5.41, 5.74) is 0.465. The van der Waals surface area contributed by atoms with Gasteiger partial charge in [-0.05, 0) is 36.8 Å². The van der Waals surface area contributed by atoms with Gasteiger partial charge in [-0.3, -0.25) is 9.78 Å². The summed E-state index contributed by atoms with van der Waals surface area (Å²) in [6.45, 7) is 11.2. The lowest BCUT2D eigenvalue weighted by atomic mass is 10.00. The van der Waals surface area contributed by atoms with Gasteiger partial charge in [0.05, 0.1) is 5.56 Å². The van der Waals surface area contributed by atoms with Crippen molar-refractivity contribution in [3.8, 4) is 0 Å². The van der Waals surface area contributed by atoms with Crippen LogP contribution in [0.4, 0.5) is 13.2 Å². The minimum Gasteiger partial charge on any atom is -0.338 e. The molecule has 154 valence electrons. The van der Waals surface area contributed by atoms with E-state index in [0.29, 0.717) is 30.1 Å². The molecule has 1 aliphatic carbocycles. The predicted octanol–water partition coefficient (Wildman–Crippen LogP) is 5.86. The minimum atomic E-state index is -4.39. The number of fused-ring (bicyclic) bond motifs is 1. The highest BCUT2D eigenvalue weighted by Crippen LogP contribution is 2.34. The molecule has 3 nitrogen and oxygen atoms in total. The molecule has 1 aromatic heterocycles. The third-order valence-electron chi connectivity index (χ3n) is 4.72. The van der Waals surface area contributed by atoms with Gasteiger partial charge in [-0.25, -0.2) is 0 Å². The minimum absolute atomic E-state index is 0.0373. The number of carbonyl (C=O) groups is 1. The number of rotatable bonds is 1. The third-order valence-corrected chi connectivity index (χ3v) is 4.72. The summed E-state index contributed by atoms with van der Waals surface area (Å²) in [6, 6.07) is 1.14. The Hall–Kier alpha value is -1.59. The molecule has 2 heterocycles. The van der Waals surface area contributed by atoms with Crippen LogP contribution in [-0.2, 0) is 23.9 Å². The summed E-state index contributed by atoms with van der Waals surface area (Å²) in [4.78, 5) is 18.2. The van der Waals surface area contributed by atoms with Gasteiger partial charge < -0.3 is 4.90 Å². The van der Waals surface area contributed by atoms with Crippen molar-refractivity contribution in [1.82, 2.24) is 9.88 Å². The Labute approximate surface area is 161 Å². The smallest absolute Gasteiger partial charge is 0.338 e. The van der Waals surface area contributed by atoms with Crippen LogP contribution in [-0.4, -0.2) is 22.3 Å². The van der Waals surface area contributed by atoms with E-state index in [-0.39, 0.29) is 18.4 Å². The quantitative estimate of drug-likeness (QED) is 0.605. The Morgan fingerprint density at radius 1 is 1.26 bits per heavy atom. The van der Waals surface area contributed by atoms with Crippen molar-refractivity contribution in [2.45, 2.75) is 79.4 Å². The zero-order chi connectivity index (χ0) is 20.6. The van der Waals surface area contributed by atoms with Gasteiger partial charge >= 0.3 is 6.18 Å². The van der Waals surface area contributed by atoms with E-state index in [4.69, 9.17) is 0 Å². The molecule has 0 bridgehead atoms. The summed E-state index contributed by atoms with van der Waals surface area (Å²) in [5, 5.41) is 0. The molecule has 0 spiro atoms. The first-order valence-corrected chi connectivity index (χ1v) is 10.1. The summed E-state index contributed by atoms with van der Waals surface area (Å²) in [5.74, 6) is 0.687. The van der Waals surface area contributed by atoms with E-state index in [2.05, 4.69) is 25.8 Å². The van der Waals surface area contributed by atoms with Gasteiger partial charge in [0, 0.05) is 37.3 Å². The molecule has 1 aromatic rings. The number of pyridine rings is 1. The largest absolute Gasteiger partial charge is 0.417 e. The van der Waals surface area contributed by atoms with E-state index in [9.17, 15) is 18.0 Å². The van der Waals surface area contributed by atoms with E-state index in [1.54, 1.807) is 4.90 Å². The Kier molecular flexibility index (Phi) is 9.27. The van der Waals surface area contributed by atoms with Gasteiger partial charge in [0.25, 0.3) is 0 Å². The van der Waals surface area contributed by atoms with Crippen LogP contribution in [0.15, 0.2) is 12.3 Å². The summed E-state index contributed by atoms with van der Waals surface area (Å²) >= 11 is 0. The Bertz CT molecular complexity index is 602. The van der Waals surface area contributed by atoms with Gasteiger partial charge in [-0.1, -0.05) is 41.0 Å². The van der Waals surface area contributed by atoms with Crippen LogP contribution in [0.1, 0.15) is 77.1 Å². The van der Waals surface area contributed by atoms with E-state index < -0.39 is 11.7 Å². The molecule has 1 aliphatic heterocycles. The second kappa shape index (κ2) is 10.7. The van der Waals surface area contributed by atoms with Crippen molar-refractivity contribution in [2.75, 3.05) is 6.54 Å². The van der Waals surface area contributed by atoms with Crippen molar-refractivity contribution < 1.29 is 18.0 Å². The molecule has 1 fully saturated rings. The maximum absolute atomic E-state index is 12.8. The Morgan fingerprint density at radius 2 is 1.89 bits per heavy atom. The number of halogens is 3. The number of alkyl halides is 3. The highest BCUT2D eigenvalue weighted by molar-refractivity contribution is 5.79. The monoisotopic (exact) mass is 386 g/mol. The van der Waals surface area contributed by atoms with Crippen LogP contribution >= 0.6 is 0 Å². The second-order valence-corrected chi connectivity index (χ2v) is 7.16. The third kappa shape index (κ3) is 6.51. The fourth-order valence-electron chi connectivity index (χ4n) is 3.46. The normalized spacial score (nSPS) is 21.4. The molecule has 0 aromatic carbocycles. The molecule has 6 heteroatoms. The first-order chi connectivity index (χ1) is 12.8. The number of aromatic nitrogens is 1. The first-order valence-electron chi connectivity index (χ1n) is 10.1. The predicted molar refractivity (Wildman–Crippen MR) is 102 cm³/mol. The standard InChI is InChI=1S/C16H19F3N2O.C3H8.C2H6/c1-10-2-3-11(6-10)15(22)21-5-4-14-12(9-21)7-13(8-20-14)16(17,18)19;1-3-2;1-2/h7-8,10-11H,2-6,9H2,1H3;3H2,1-2H3;1-2H3. The zero-order valence-electron chi connectivity index (χ0n) is 17.2. The van der Waals surface area contributed by atoms with Crippen LogP contribution in [0.5, 0.6) is 0 Å². The number of hydrogen-bond donors (Lipinski definition) is 0. The molecule has 2 aliphatic rings. The number of amides is 1. The van der Waals surface area contributed by atoms with Crippen molar-refractivity contribution >= 4 is 5.91 Å². The molecule has 0 N–H and O–H groups in total. The maximum Gasteiger partial charge on any atom is 0.417 e. The molecule has 0 saturated heterocycles. The maximum atomic E-state index is 12.8. The van der Waals surface area contributed by atoms with E-state index in [0.717, 1.165) is 31.5 Å². The van der Waals surface area contributed by atoms with Crippen LogP contribution in [0.25, 0.3) is 0 Å². The molecule has 3 rings (SSSR count). The highest BCUT2D eigenvalue weighted by Gasteiger charge is 2.35. The van der Waals surface area contributed by atoms with E-state index >= 15 is 0 Å². The molecule has 0 radical (unpaired) electrons. The van der Waals surface area contributed by atoms with Gasteiger partial charge in [-0.15, -0.1) is 0 Å². The van der Waals surface area contributed by atoms with Crippen molar-refractivity contribution in [1.29, 1.82) is 0 Å². The Morgan fingerprint density at radius 3 is 2.41 bits per heavy atom. The van der Waals surface area contributed by atoms with Gasteiger partial charge in [0.2, 0.25) is 5.91 Å². The molecular formula is C21H33F3N2O. The zero-order valence-corrected chi connectivity index (χ0v) is 17.2. The summed E-state index contributed by atoms with van der Waals surface area (Å²) < 4.78 is 38.3. The van der Waals surface area contributed by atoms with Crippen molar-refractivity contribution in [2.24, 2.45) is 11.8 Å². The molecular weight excluding hydrogens is 353 g/mol. The number of carbonyl (C=O) groups excluding carboxylic acids is 1. The lowest BCUT2D eigenvalue weighted by Crippen LogP contribution is -2.39. The molecule has 1 saturated carbocycles. The average Bonchev–Trinajstić information content (AvgIpc) is 3.08. The average molecular weight is 387 g/mol. The lowest BCUT2D eigenvalue weighted by Gasteiger charge is -2.30. The molecule has 1 amide bonds. The van der Waals surface area contributed by atoms with Crippen molar-refractivity contribution in [3.63, 3.8) is 0 Å². The summed E-state index contributed by atoms with van der Waals surface area (Å²) in [7, 11) is 0. The Balaban J connectivity index is 0.000000665. The SMILES string of the molecule is CC.CC1CCC(C(=O)N2CCc3ncc(C(F)(F)F)cc3C2)C1.CCC. The van der Waals surface area contributed by atoms with Crippen LogP contribution in [0.3, 0.4) is 0 Å². The van der Waals surface area contributed by atoms with Crippen LogP contribution < -0.4 is 0 Å². The number of nitrogens with zero attached hydrogens (tertiary/aromatic N) is 2. The van der Waals surface area contributed by atoms with Crippen LogP contribution in [0.2, 0.25) is 0 Å². The van der Waals surface area contributed by atoms with E-state index in [1.807, 2.05) is 13.8 Å². The van der Waals surface area contributed by atoms with Gasteiger partial charge in [-0.2, -0.15) is 13.2 Å². The fourth-order valence-corrected chi connectivity index (χ4v) is 3.46. The van der Waals surface area contributed by atoms with Gasteiger partial charge in [0.15, 0.2) is 0 Å². The number of hydrogen-bond acceptors (Lipinski definition) is 2. The van der Waals surface area contributed by atoms with Gasteiger partial charge in [0.1, 0.15) is 0 Å². The first kappa shape index (κ1) is 23.4. The molecule has 2 unspecified atom stereocenters. The topological polar surface area (TPSA) is 33.2 Å². The van der Waals surface area contributed by atoms with E-state index in [1.165, 1.54) is 6.42 Å². The fraction of sp³-hybridized carbons (Fsp3) is 0.714.